The van der Waals surface area contributed by atoms with E-state index in [2.05, 4.69) is 41.4 Å². The first-order valence-electron chi connectivity index (χ1n) is 11.4. The summed E-state index contributed by atoms with van der Waals surface area (Å²) >= 11 is 0. The van der Waals surface area contributed by atoms with Crippen LogP contribution in [0.5, 0.6) is 0 Å². The molecule has 2 aromatic rings. The molecule has 1 aliphatic rings. The van der Waals surface area contributed by atoms with Gasteiger partial charge in [-0.25, -0.2) is 0 Å². The topological polar surface area (TPSA) is 75.5 Å². The molecule has 0 unspecified atom stereocenters. The number of hydrogen-bond acceptors (Lipinski definition) is 4. The standard InChI is InChI=1S/C25H33N3O3/c1-2-3-4-8-15-26-25(29)22-11-12-23(24(19-22)28(30)31)27-16-13-21(14-17-27)18-20-9-6-5-7-10-20/h5-7,9-12,19,21H,2-4,8,13-18H2,1H3,(H,26,29). The van der Waals surface area contributed by atoms with Gasteiger partial charge in [0.15, 0.2) is 0 Å². The molecule has 0 aromatic heterocycles. The van der Waals surface area contributed by atoms with Crippen molar-refractivity contribution >= 4 is 17.3 Å². The third-order valence-electron chi connectivity index (χ3n) is 6.07. The van der Waals surface area contributed by atoms with Crippen LogP contribution in [-0.4, -0.2) is 30.5 Å². The molecule has 31 heavy (non-hydrogen) atoms. The summed E-state index contributed by atoms with van der Waals surface area (Å²) in [6.07, 6.45) is 7.36. The maximum atomic E-state index is 12.4. The molecule has 1 fully saturated rings. The summed E-state index contributed by atoms with van der Waals surface area (Å²) in [6.45, 7) is 4.33. The zero-order valence-corrected chi connectivity index (χ0v) is 18.4. The Hall–Kier alpha value is -2.89. The zero-order valence-electron chi connectivity index (χ0n) is 18.4. The van der Waals surface area contributed by atoms with Gasteiger partial charge in [-0.1, -0.05) is 56.5 Å². The second-order valence-corrected chi connectivity index (χ2v) is 8.40. The summed E-state index contributed by atoms with van der Waals surface area (Å²) in [4.78, 5) is 25.9. The van der Waals surface area contributed by atoms with Crippen molar-refractivity contribution in [3.63, 3.8) is 0 Å². The molecule has 3 rings (SSSR count). The molecular weight excluding hydrogens is 390 g/mol. The fraction of sp³-hybridized carbons (Fsp3) is 0.480. The molecule has 0 saturated carbocycles. The Bertz CT molecular complexity index is 862. The average molecular weight is 424 g/mol. The summed E-state index contributed by atoms with van der Waals surface area (Å²) in [6, 6.07) is 15.3. The van der Waals surface area contributed by atoms with Crippen molar-refractivity contribution in [3.8, 4) is 0 Å². The lowest BCUT2D eigenvalue weighted by Crippen LogP contribution is -2.34. The lowest BCUT2D eigenvalue weighted by molar-refractivity contribution is -0.384. The number of amides is 1. The average Bonchev–Trinajstić information content (AvgIpc) is 2.79. The summed E-state index contributed by atoms with van der Waals surface area (Å²) in [5.41, 5.74) is 2.32. The quantitative estimate of drug-likeness (QED) is 0.317. The first-order valence-corrected chi connectivity index (χ1v) is 11.4. The van der Waals surface area contributed by atoms with Crippen LogP contribution in [-0.2, 0) is 6.42 Å². The number of carbonyl (C=O) groups is 1. The van der Waals surface area contributed by atoms with E-state index < -0.39 is 0 Å². The molecule has 1 aliphatic heterocycles. The SMILES string of the molecule is CCCCCCNC(=O)c1ccc(N2CCC(Cc3ccccc3)CC2)c([N+](=O)[O-])c1. The monoisotopic (exact) mass is 423 g/mol. The molecule has 0 spiro atoms. The number of rotatable bonds is 10. The molecule has 2 aromatic carbocycles. The highest BCUT2D eigenvalue weighted by atomic mass is 16.6. The molecule has 0 aliphatic carbocycles. The van der Waals surface area contributed by atoms with Crippen LogP contribution in [0.1, 0.15) is 61.4 Å². The second kappa shape index (κ2) is 11.5. The fourth-order valence-electron chi connectivity index (χ4n) is 4.26. The van der Waals surface area contributed by atoms with Gasteiger partial charge in [0.25, 0.3) is 11.6 Å². The zero-order chi connectivity index (χ0) is 22.1. The van der Waals surface area contributed by atoms with Crippen molar-refractivity contribution in [1.82, 2.24) is 5.32 Å². The summed E-state index contributed by atoms with van der Waals surface area (Å²) in [5.74, 6) is 0.350. The number of nitrogens with one attached hydrogen (secondary N) is 1. The van der Waals surface area contributed by atoms with Crippen molar-refractivity contribution in [2.45, 2.75) is 51.9 Å². The molecule has 166 valence electrons. The minimum Gasteiger partial charge on any atom is -0.366 e. The Balaban J connectivity index is 1.60. The van der Waals surface area contributed by atoms with Gasteiger partial charge in [-0.15, -0.1) is 0 Å². The van der Waals surface area contributed by atoms with Crippen molar-refractivity contribution in [2.24, 2.45) is 5.92 Å². The van der Waals surface area contributed by atoms with Crippen molar-refractivity contribution in [2.75, 3.05) is 24.5 Å². The third kappa shape index (κ3) is 6.54. The van der Waals surface area contributed by atoms with E-state index in [4.69, 9.17) is 0 Å². The molecule has 0 radical (unpaired) electrons. The number of carbonyl (C=O) groups excluding carboxylic acids is 1. The van der Waals surface area contributed by atoms with Crippen LogP contribution in [0.15, 0.2) is 48.5 Å². The third-order valence-corrected chi connectivity index (χ3v) is 6.07. The Labute approximate surface area is 184 Å². The van der Waals surface area contributed by atoms with Gasteiger partial charge in [0.2, 0.25) is 0 Å². The Morgan fingerprint density at radius 3 is 2.52 bits per heavy atom. The normalized spacial score (nSPS) is 14.4. The Morgan fingerprint density at radius 1 is 1.10 bits per heavy atom. The van der Waals surface area contributed by atoms with E-state index >= 15 is 0 Å². The van der Waals surface area contributed by atoms with Crippen LogP contribution in [0.4, 0.5) is 11.4 Å². The Kier molecular flexibility index (Phi) is 8.44. The maximum absolute atomic E-state index is 12.4. The molecule has 6 heteroatoms. The van der Waals surface area contributed by atoms with Crippen LogP contribution >= 0.6 is 0 Å². The number of anilines is 1. The summed E-state index contributed by atoms with van der Waals surface area (Å²) in [7, 11) is 0. The van der Waals surface area contributed by atoms with Crippen molar-refractivity contribution < 1.29 is 9.72 Å². The van der Waals surface area contributed by atoms with Crippen molar-refractivity contribution in [1.29, 1.82) is 0 Å². The van der Waals surface area contributed by atoms with Gasteiger partial charge in [-0.05, 0) is 49.3 Å². The first kappa shape index (κ1) is 22.8. The summed E-state index contributed by atoms with van der Waals surface area (Å²) in [5, 5.41) is 14.6. The minimum absolute atomic E-state index is 0.0140. The number of nitro benzene ring substituents is 1. The van der Waals surface area contributed by atoms with E-state index in [0.29, 0.717) is 23.7 Å². The fourth-order valence-corrected chi connectivity index (χ4v) is 4.26. The van der Waals surface area contributed by atoms with Crippen LogP contribution in [0.25, 0.3) is 0 Å². The highest BCUT2D eigenvalue weighted by molar-refractivity contribution is 5.95. The van der Waals surface area contributed by atoms with Crippen LogP contribution in [0, 0.1) is 16.0 Å². The number of nitro groups is 1. The predicted molar refractivity (Wildman–Crippen MR) is 125 cm³/mol. The van der Waals surface area contributed by atoms with E-state index in [0.717, 1.165) is 58.0 Å². The second-order valence-electron chi connectivity index (χ2n) is 8.40. The molecule has 1 heterocycles. The predicted octanol–water partition coefficient (Wildman–Crippen LogP) is 5.36. The van der Waals surface area contributed by atoms with Gasteiger partial charge < -0.3 is 10.2 Å². The number of piperidine rings is 1. The van der Waals surface area contributed by atoms with Crippen molar-refractivity contribution in [3.05, 3.63) is 69.8 Å². The number of benzene rings is 2. The van der Waals surface area contributed by atoms with E-state index in [1.54, 1.807) is 12.1 Å². The highest BCUT2D eigenvalue weighted by Gasteiger charge is 2.26. The number of nitrogens with zero attached hydrogens (tertiary/aromatic N) is 2. The van der Waals surface area contributed by atoms with Gasteiger partial charge in [-0.2, -0.15) is 0 Å². The Morgan fingerprint density at radius 2 is 1.84 bits per heavy atom. The van der Waals surface area contributed by atoms with E-state index in [-0.39, 0.29) is 16.5 Å². The number of hydrogen-bond donors (Lipinski definition) is 1. The maximum Gasteiger partial charge on any atom is 0.293 e. The van der Waals surface area contributed by atoms with Gasteiger partial charge in [0.1, 0.15) is 5.69 Å². The van der Waals surface area contributed by atoms with Gasteiger partial charge in [0.05, 0.1) is 4.92 Å². The van der Waals surface area contributed by atoms with Gasteiger partial charge in [-0.3, -0.25) is 14.9 Å². The largest absolute Gasteiger partial charge is 0.366 e. The van der Waals surface area contributed by atoms with Gasteiger partial charge in [0, 0.05) is 31.3 Å². The molecule has 6 nitrogen and oxygen atoms in total. The molecule has 1 N–H and O–H groups in total. The van der Waals surface area contributed by atoms with Crippen LogP contribution in [0.2, 0.25) is 0 Å². The van der Waals surface area contributed by atoms with Crippen LogP contribution < -0.4 is 10.2 Å². The highest BCUT2D eigenvalue weighted by Crippen LogP contribution is 2.33. The first-order chi connectivity index (χ1) is 15.1. The number of unbranched alkanes of at least 4 members (excludes halogenated alkanes) is 3. The van der Waals surface area contributed by atoms with E-state index in [1.165, 1.54) is 11.6 Å². The summed E-state index contributed by atoms with van der Waals surface area (Å²) < 4.78 is 0. The molecule has 0 atom stereocenters. The smallest absolute Gasteiger partial charge is 0.293 e. The minimum atomic E-state index is -0.372. The molecular formula is C25H33N3O3. The molecule has 0 bridgehead atoms. The van der Waals surface area contributed by atoms with E-state index in [9.17, 15) is 14.9 Å². The lowest BCUT2D eigenvalue weighted by atomic mass is 9.90. The molecule has 1 saturated heterocycles. The van der Waals surface area contributed by atoms with Crippen LogP contribution in [0.3, 0.4) is 0 Å². The van der Waals surface area contributed by atoms with E-state index in [1.807, 2.05) is 6.07 Å². The lowest BCUT2D eigenvalue weighted by Gasteiger charge is -2.33. The molecule has 1 amide bonds. The van der Waals surface area contributed by atoms with Gasteiger partial charge >= 0.3 is 0 Å².